The van der Waals surface area contributed by atoms with Crippen molar-refractivity contribution >= 4 is 5.97 Å². The second kappa shape index (κ2) is 13.6. The molecule has 0 radical (unpaired) electrons. The Morgan fingerprint density at radius 3 is 2.29 bits per heavy atom. The summed E-state index contributed by atoms with van der Waals surface area (Å²) in [6.07, 6.45) is 14.5. The summed E-state index contributed by atoms with van der Waals surface area (Å²) >= 11 is 0. The second-order valence-electron chi connectivity index (χ2n) is 6.27. The average Bonchev–Trinajstić information content (AvgIpc) is 2.62. The highest BCUT2D eigenvalue weighted by atomic mass is 16.5. The van der Waals surface area contributed by atoms with Crippen molar-refractivity contribution in [1.82, 2.24) is 0 Å². The van der Waals surface area contributed by atoms with E-state index in [4.69, 9.17) is 4.74 Å². The van der Waals surface area contributed by atoms with E-state index < -0.39 is 0 Å². The summed E-state index contributed by atoms with van der Waals surface area (Å²) in [6.45, 7) is 7.24. The van der Waals surface area contributed by atoms with E-state index in [0.717, 1.165) is 32.1 Å². The standard InChI is InChI=1S/C22H32O2/c1-3-5-6-7-8-9-10-14-17-21(24-22(23)4-2)19-18-20-15-12-11-13-16-20/h3-4,11-13,15-16,21H,1-2,5-10,14,17-19H2. The fraction of sp³-hybridized carbons (Fsp3) is 0.500. The number of rotatable bonds is 14. The lowest BCUT2D eigenvalue weighted by Gasteiger charge is -2.17. The van der Waals surface area contributed by atoms with Crippen molar-refractivity contribution in [2.75, 3.05) is 0 Å². The third-order valence-electron chi connectivity index (χ3n) is 4.23. The molecule has 0 aliphatic heterocycles. The summed E-state index contributed by atoms with van der Waals surface area (Å²) in [6, 6.07) is 10.4. The van der Waals surface area contributed by atoms with E-state index >= 15 is 0 Å². The largest absolute Gasteiger partial charge is 0.459 e. The molecular weight excluding hydrogens is 296 g/mol. The molecule has 0 saturated carbocycles. The van der Waals surface area contributed by atoms with Crippen LogP contribution in [-0.4, -0.2) is 12.1 Å². The van der Waals surface area contributed by atoms with Gasteiger partial charge in [-0.3, -0.25) is 0 Å². The molecule has 0 N–H and O–H groups in total. The zero-order valence-electron chi connectivity index (χ0n) is 14.9. The summed E-state index contributed by atoms with van der Waals surface area (Å²) in [5, 5.41) is 0. The summed E-state index contributed by atoms with van der Waals surface area (Å²) in [4.78, 5) is 11.5. The number of carbonyl (C=O) groups is 1. The zero-order chi connectivity index (χ0) is 17.5. The molecule has 2 nitrogen and oxygen atoms in total. The highest BCUT2D eigenvalue weighted by Gasteiger charge is 2.12. The van der Waals surface area contributed by atoms with E-state index in [0.29, 0.717) is 0 Å². The van der Waals surface area contributed by atoms with E-state index in [9.17, 15) is 4.79 Å². The Kier molecular flexibility index (Phi) is 11.5. The van der Waals surface area contributed by atoms with Crippen LogP contribution >= 0.6 is 0 Å². The van der Waals surface area contributed by atoms with Crippen molar-refractivity contribution in [3.8, 4) is 0 Å². The van der Waals surface area contributed by atoms with Crippen LogP contribution in [-0.2, 0) is 16.0 Å². The van der Waals surface area contributed by atoms with Gasteiger partial charge < -0.3 is 4.74 Å². The van der Waals surface area contributed by atoms with Gasteiger partial charge in [-0.25, -0.2) is 4.79 Å². The Bertz CT molecular complexity index is 464. The fourth-order valence-electron chi connectivity index (χ4n) is 2.81. The molecule has 24 heavy (non-hydrogen) atoms. The highest BCUT2D eigenvalue weighted by molar-refractivity contribution is 5.81. The average molecular weight is 328 g/mol. The van der Waals surface area contributed by atoms with Crippen molar-refractivity contribution in [1.29, 1.82) is 0 Å². The number of hydrogen-bond acceptors (Lipinski definition) is 2. The van der Waals surface area contributed by atoms with Crippen molar-refractivity contribution in [2.45, 2.75) is 70.3 Å². The predicted octanol–water partition coefficient (Wildman–Crippen LogP) is 6.02. The molecule has 0 aromatic heterocycles. The predicted molar refractivity (Wildman–Crippen MR) is 102 cm³/mol. The smallest absolute Gasteiger partial charge is 0.330 e. The van der Waals surface area contributed by atoms with Gasteiger partial charge in [0.25, 0.3) is 0 Å². The van der Waals surface area contributed by atoms with E-state index in [-0.39, 0.29) is 12.1 Å². The van der Waals surface area contributed by atoms with Crippen LogP contribution in [0.4, 0.5) is 0 Å². The molecule has 1 rings (SSSR count). The maximum Gasteiger partial charge on any atom is 0.330 e. The molecule has 1 aromatic rings. The molecule has 0 saturated heterocycles. The van der Waals surface area contributed by atoms with Gasteiger partial charge in [0.05, 0.1) is 0 Å². The molecule has 132 valence electrons. The quantitative estimate of drug-likeness (QED) is 0.180. The first-order valence-corrected chi connectivity index (χ1v) is 9.24. The normalized spacial score (nSPS) is 11.7. The van der Waals surface area contributed by atoms with Gasteiger partial charge in [-0.1, -0.05) is 68.7 Å². The van der Waals surface area contributed by atoms with Gasteiger partial charge in [-0.15, -0.1) is 6.58 Å². The van der Waals surface area contributed by atoms with Crippen LogP contribution in [0.2, 0.25) is 0 Å². The number of allylic oxidation sites excluding steroid dienone is 1. The highest BCUT2D eigenvalue weighted by Crippen LogP contribution is 2.16. The van der Waals surface area contributed by atoms with Crippen LogP contribution in [0.3, 0.4) is 0 Å². The van der Waals surface area contributed by atoms with Crippen LogP contribution in [0, 0.1) is 0 Å². The molecule has 0 fully saturated rings. The maximum absolute atomic E-state index is 11.5. The minimum Gasteiger partial charge on any atom is -0.459 e. The molecule has 0 amide bonds. The Morgan fingerprint density at radius 1 is 0.958 bits per heavy atom. The SMILES string of the molecule is C=CCCCCCCCCC(CCc1ccccc1)OC(=O)C=C. The monoisotopic (exact) mass is 328 g/mol. The lowest BCUT2D eigenvalue weighted by Crippen LogP contribution is -2.17. The van der Waals surface area contributed by atoms with Gasteiger partial charge in [0, 0.05) is 6.08 Å². The minimum atomic E-state index is -0.308. The number of unbranched alkanes of at least 4 members (excludes halogenated alkanes) is 6. The molecule has 0 spiro atoms. The van der Waals surface area contributed by atoms with Crippen LogP contribution in [0.5, 0.6) is 0 Å². The third kappa shape index (κ3) is 10.0. The number of carbonyl (C=O) groups excluding carboxylic acids is 1. The molecule has 1 atom stereocenters. The van der Waals surface area contributed by atoms with Crippen molar-refractivity contribution < 1.29 is 9.53 Å². The molecule has 2 heteroatoms. The van der Waals surface area contributed by atoms with Gasteiger partial charge in [-0.2, -0.15) is 0 Å². The first-order valence-electron chi connectivity index (χ1n) is 9.24. The van der Waals surface area contributed by atoms with Gasteiger partial charge >= 0.3 is 5.97 Å². The van der Waals surface area contributed by atoms with E-state index in [1.165, 1.54) is 43.7 Å². The third-order valence-corrected chi connectivity index (χ3v) is 4.23. The van der Waals surface area contributed by atoms with Gasteiger partial charge in [-0.05, 0) is 44.1 Å². The van der Waals surface area contributed by atoms with Crippen molar-refractivity contribution in [3.05, 3.63) is 61.2 Å². The molecular formula is C22H32O2. The van der Waals surface area contributed by atoms with Gasteiger partial charge in [0.1, 0.15) is 6.10 Å². The first-order chi connectivity index (χ1) is 11.8. The number of aryl methyl sites for hydroxylation is 1. The lowest BCUT2D eigenvalue weighted by molar-refractivity contribution is -0.143. The molecule has 0 aliphatic rings. The number of ether oxygens (including phenoxy) is 1. The minimum absolute atomic E-state index is 0.00327. The van der Waals surface area contributed by atoms with Crippen LogP contribution in [0.1, 0.15) is 63.4 Å². The summed E-state index contributed by atoms with van der Waals surface area (Å²) < 4.78 is 5.51. The fourth-order valence-corrected chi connectivity index (χ4v) is 2.81. The Labute approximate surface area is 147 Å². The summed E-state index contributed by atoms with van der Waals surface area (Å²) in [7, 11) is 0. The molecule has 0 bridgehead atoms. The Balaban J connectivity index is 2.25. The van der Waals surface area contributed by atoms with Gasteiger partial charge in [0.2, 0.25) is 0 Å². The van der Waals surface area contributed by atoms with E-state index in [1.807, 2.05) is 24.3 Å². The molecule has 1 aromatic carbocycles. The first kappa shape index (κ1) is 20.2. The summed E-state index contributed by atoms with van der Waals surface area (Å²) in [5.74, 6) is -0.308. The molecule has 1 unspecified atom stereocenters. The summed E-state index contributed by atoms with van der Waals surface area (Å²) in [5.41, 5.74) is 1.29. The van der Waals surface area contributed by atoms with Crippen LogP contribution in [0.15, 0.2) is 55.6 Å². The number of hydrogen-bond donors (Lipinski definition) is 0. The lowest BCUT2D eigenvalue weighted by atomic mass is 10.0. The van der Waals surface area contributed by atoms with Gasteiger partial charge in [0.15, 0.2) is 0 Å². The van der Waals surface area contributed by atoms with Crippen molar-refractivity contribution in [2.24, 2.45) is 0 Å². The zero-order valence-corrected chi connectivity index (χ0v) is 14.9. The van der Waals surface area contributed by atoms with E-state index in [1.54, 1.807) is 0 Å². The topological polar surface area (TPSA) is 26.3 Å². The second-order valence-corrected chi connectivity index (χ2v) is 6.27. The Hall–Kier alpha value is -1.83. The Morgan fingerprint density at radius 2 is 1.62 bits per heavy atom. The number of esters is 1. The van der Waals surface area contributed by atoms with E-state index in [2.05, 4.69) is 25.3 Å². The molecule has 0 heterocycles. The number of benzene rings is 1. The maximum atomic E-state index is 11.5. The van der Waals surface area contributed by atoms with Crippen LogP contribution in [0.25, 0.3) is 0 Å². The van der Waals surface area contributed by atoms with Crippen LogP contribution < -0.4 is 0 Å². The molecule has 0 aliphatic carbocycles. The van der Waals surface area contributed by atoms with Crippen molar-refractivity contribution in [3.63, 3.8) is 0 Å².